The summed E-state index contributed by atoms with van der Waals surface area (Å²) in [5.74, 6) is 0.445. The number of amides is 1. The number of halogens is 1. The first kappa shape index (κ1) is 19.9. The lowest BCUT2D eigenvalue weighted by atomic mass is 10.1. The van der Waals surface area contributed by atoms with E-state index >= 15 is 0 Å². The number of nitrogens with one attached hydrogen (secondary N) is 2. The monoisotopic (exact) mass is 402 g/mol. The van der Waals surface area contributed by atoms with Gasteiger partial charge in [-0.15, -0.1) is 0 Å². The maximum absolute atomic E-state index is 13.2. The highest BCUT2D eigenvalue weighted by molar-refractivity contribution is 7.71. The van der Waals surface area contributed by atoms with E-state index in [1.54, 1.807) is 16.8 Å². The van der Waals surface area contributed by atoms with Crippen LogP contribution in [-0.4, -0.2) is 37.0 Å². The van der Waals surface area contributed by atoms with Crippen molar-refractivity contribution in [2.45, 2.75) is 40.2 Å². The Morgan fingerprint density at radius 1 is 1.29 bits per heavy atom. The van der Waals surface area contributed by atoms with Crippen LogP contribution in [0.4, 0.5) is 4.39 Å². The molecule has 0 bridgehead atoms. The lowest BCUT2D eigenvalue weighted by molar-refractivity contribution is -0.120. The highest BCUT2D eigenvalue weighted by Gasteiger charge is 2.16. The summed E-state index contributed by atoms with van der Waals surface area (Å²) < 4.78 is 17.4. The van der Waals surface area contributed by atoms with Crippen molar-refractivity contribution >= 4 is 18.1 Å². The van der Waals surface area contributed by atoms with Crippen LogP contribution in [0.15, 0.2) is 24.3 Å². The first-order valence-corrected chi connectivity index (χ1v) is 9.53. The van der Waals surface area contributed by atoms with Crippen LogP contribution in [0.5, 0.6) is 0 Å². The van der Waals surface area contributed by atoms with Gasteiger partial charge in [0.25, 0.3) is 0 Å². The van der Waals surface area contributed by atoms with Gasteiger partial charge in [0.2, 0.25) is 5.91 Å². The number of aromatic nitrogens is 5. The third kappa shape index (κ3) is 4.19. The summed E-state index contributed by atoms with van der Waals surface area (Å²) in [5, 5.41) is 14.4. The van der Waals surface area contributed by atoms with Crippen molar-refractivity contribution in [1.82, 2.24) is 29.9 Å². The molecule has 148 valence electrons. The zero-order chi connectivity index (χ0) is 20.3. The van der Waals surface area contributed by atoms with E-state index in [1.807, 2.05) is 25.3 Å². The van der Waals surface area contributed by atoms with Crippen LogP contribution in [-0.2, 0) is 24.2 Å². The molecule has 0 aliphatic carbocycles. The number of aromatic amines is 1. The lowest BCUT2D eigenvalue weighted by Gasteiger charge is -2.07. The van der Waals surface area contributed by atoms with Crippen LogP contribution in [0, 0.1) is 24.4 Å². The largest absolute Gasteiger partial charge is 0.355 e. The van der Waals surface area contributed by atoms with Crippen molar-refractivity contribution in [3.05, 3.63) is 57.6 Å². The minimum Gasteiger partial charge on any atom is -0.355 e. The Kier molecular flexibility index (Phi) is 6.03. The van der Waals surface area contributed by atoms with Gasteiger partial charge < -0.3 is 9.88 Å². The van der Waals surface area contributed by atoms with Gasteiger partial charge in [0.05, 0.1) is 17.8 Å². The fraction of sp³-hybridized carbons (Fsp3) is 0.368. The second-order valence-corrected chi connectivity index (χ2v) is 6.89. The van der Waals surface area contributed by atoms with Crippen molar-refractivity contribution in [2.75, 3.05) is 6.54 Å². The molecule has 2 heterocycles. The molecule has 0 atom stereocenters. The van der Waals surface area contributed by atoms with Crippen LogP contribution in [0.2, 0.25) is 0 Å². The van der Waals surface area contributed by atoms with E-state index in [0.29, 0.717) is 17.7 Å². The van der Waals surface area contributed by atoms with E-state index < -0.39 is 0 Å². The summed E-state index contributed by atoms with van der Waals surface area (Å²) in [7, 11) is 0. The normalized spacial score (nSPS) is 11.0. The van der Waals surface area contributed by atoms with E-state index in [0.717, 1.165) is 35.0 Å². The van der Waals surface area contributed by atoms with Crippen LogP contribution in [0.25, 0.3) is 5.69 Å². The molecule has 9 heteroatoms. The molecular formula is C19H23FN6OS. The zero-order valence-corrected chi connectivity index (χ0v) is 16.9. The molecule has 1 aromatic carbocycles. The van der Waals surface area contributed by atoms with Gasteiger partial charge in [0.1, 0.15) is 11.6 Å². The van der Waals surface area contributed by atoms with Crippen LogP contribution in [0.3, 0.4) is 0 Å². The van der Waals surface area contributed by atoms with Gasteiger partial charge in [-0.1, -0.05) is 0 Å². The van der Waals surface area contributed by atoms with Crippen molar-refractivity contribution in [3.63, 3.8) is 0 Å². The third-order valence-electron chi connectivity index (χ3n) is 4.67. The predicted octanol–water partition coefficient (Wildman–Crippen LogP) is 2.80. The molecule has 0 fully saturated rings. The fourth-order valence-corrected chi connectivity index (χ4v) is 3.45. The average molecular weight is 402 g/mol. The number of rotatable bonds is 7. The minimum absolute atomic E-state index is 0.0814. The Hall–Kier alpha value is -2.81. The van der Waals surface area contributed by atoms with E-state index in [4.69, 9.17) is 12.2 Å². The summed E-state index contributed by atoms with van der Waals surface area (Å²) in [6.45, 7) is 6.99. The number of hydrogen-bond donors (Lipinski definition) is 2. The molecule has 7 nitrogen and oxygen atoms in total. The molecule has 0 aliphatic heterocycles. The quantitative estimate of drug-likeness (QED) is 0.596. The van der Waals surface area contributed by atoms with E-state index in [1.165, 1.54) is 12.1 Å². The van der Waals surface area contributed by atoms with E-state index in [-0.39, 0.29) is 18.1 Å². The van der Waals surface area contributed by atoms with Crippen LogP contribution in [0.1, 0.15) is 29.7 Å². The summed E-state index contributed by atoms with van der Waals surface area (Å²) in [6.07, 6.45) is 0.832. The standard InChI is InChI=1S/C19H23FN6OS/c1-4-25-17(22-23-19(25)28)9-10-21-18(27)11-16-12(2)24-26(13(16)3)15-7-5-14(20)6-8-15/h5-8H,4,9-11H2,1-3H3,(H,21,27)(H,23,28). The molecule has 2 aromatic heterocycles. The number of carbonyl (C=O) groups is 1. The average Bonchev–Trinajstić information content (AvgIpc) is 3.16. The maximum Gasteiger partial charge on any atom is 0.224 e. The number of carbonyl (C=O) groups excluding carboxylic acids is 1. The third-order valence-corrected chi connectivity index (χ3v) is 4.99. The summed E-state index contributed by atoms with van der Waals surface area (Å²) in [5.41, 5.74) is 3.28. The summed E-state index contributed by atoms with van der Waals surface area (Å²) >= 11 is 5.17. The summed E-state index contributed by atoms with van der Waals surface area (Å²) in [4.78, 5) is 12.4. The molecule has 0 unspecified atom stereocenters. The topological polar surface area (TPSA) is 80.5 Å². The van der Waals surface area contributed by atoms with Gasteiger partial charge in [-0.3, -0.25) is 9.89 Å². The van der Waals surface area contributed by atoms with Gasteiger partial charge in [0, 0.05) is 30.8 Å². The molecule has 0 saturated carbocycles. The molecular weight excluding hydrogens is 379 g/mol. The first-order chi connectivity index (χ1) is 13.4. The number of nitrogens with zero attached hydrogens (tertiary/aromatic N) is 4. The first-order valence-electron chi connectivity index (χ1n) is 9.12. The van der Waals surface area contributed by atoms with Crippen molar-refractivity contribution in [1.29, 1.82) is 0 Å². The smallest absolute Gasteiger partial charge is 0.224 e. The summed E-state index contributed by atoms with van der Waals surface area (Å²) in [6, 6.07) is 6.12. The molecule has 0 saturated heterocycles. The van der Waals surface area contributed by atoms with Gasteiger partial charge in [-0.25, -0.2) is 9.07 Å². The van der Waals surface area contributed by atoms with Gasteiger partial charge >= 0.3 is 0 Å². The van der Waals surface area contributed by atoms with Gasteiger partial charge in [-0.2, -0.15) is 10.2 Å². The molecule has 3 rings (SSSR count). The molecule has 0 aliphatic rings. The Bertz CT molecular complexity index is 1030. The molecule has 0 spiro atoms. The number of hydrogen-bond acceptors (Lipinski definition) is 4. The second-order valence-electron chi connectivity index (χ2n) is 6.50. The molecule has 1 amide bonds. The highest BCUT2D eigenvalue weighted by Crippen LogP contribution is 2.18. The second kappa shape index (κ2) is 8.47. The Balaban J connectivity index is 1.64. The SMILES string of the molecule is CCn1c(CCNC(=O)Cc2c(C)nn(-c3ccc(F)cc3)c2C)n[nH]c1=S. The molecule has 3 aromatic rings. The zero-order valence-electron chi connectivity index (χ0n) is 16.1. The molecule has 28 heavy (non-hydrogen) atoms. The fourth-order valence-electron chi connectivity index (χ4n) is 3.17. The molecule has 0 radical (unpaired) electrons. The van der Waals surface area contributed by atoms with E-state index in [2.05, 4.69) is 20.6 Å². The maximum atomic E-state index is 13.2. The Morgan fingerprint density at radius 2 is 2.00 bits per heavy atom. The number of H-pyrrole nitrogens is 1. The van der Waals surface area contributed by atoms with E-state index in [9.17, 15) is 9.18 Å². The Morgan fingerprint density at radius 3 is 2.68 bits per heavy atom. The van der Waals surface area contributed by atoms with Crippen molar-refractivity contribution in [3.8, 4) is 5.69 Å². The highest BCUT2D eigenvalue weighted by atomic mass is 32.1. The van der Waals surface area contributed by atoms with Crippen LogP contribution >= 0.6 is 12.2 Å². The Labute approximate surface area is 167 Å². The number of benzene rings is 1. The lowest BCUT2D eigenvalue weighted by Crippen LogP contribution is -2.28. The van der Waals surface area contributed by atoms with Gasteiger partial charge in [0.15, 0.2) is 4.77 Å². The molecule has 2 N–H and O–H groups in total. The predicted molar refractivity (Wildman–Crippen MR) is 106 cm³/mol. The minimum atomic E-state index is -0.297. The number of aryl methyl sites for hydroxylation is 1. The van der Waals surface area contributed by atoms with Gasteiger partial charge in [-0.05, 0) is 57.3 Å². The van der Waals surface area contributed by atoms with Crippen molar-refractivity contribution in [2.24, 2.45) is 0 Å². The van der Waals surface area contributed by atoms with Crippen molar-refractivity contribution < 1.29 is 9.18 Å². The van der Waals surface area contributed by atoms with Crippen LogP contribution < -0.4 is 5.32 Å².